The molecule has 0 fully saturated rings. The minimum Gasteiger partial charge on any atom is -1.00 e. The van der Waals surface area contributed by atoms with Crippen LogP contribution in [0.1, 0.15) is 34.6 Å². The predicted molar refractivity (Wildman–Crippen MR) is 103 cm³/mol. The summed E-state index contributed by atoms with van der Waals surface area (Å²) in [6, 6.07) is 16.9. The second kappa shape index (κ2) is 10.6. The van der Waals surface area contributed by atoms with Crippen LogP contribution in [0, 0.1) is 11.5 Å². The molecule has 0 spiro atoms. The first-order valence-corrected chi connectivity index (χ1v) is 8.48. The molecule has 4 rings (SSSR count). The van der Waals surface area contributed by atoms with Gasteiger partial charge in [-0.25, -0.2) is 5.57 Å². The summed E-state index contributed by atoms with van der Waals surface area (Å²) in [6.45, 7) is 10.9. The normalized spacial score (nSPS) is 14.3. The fourth-order valence-electron chi connectivity index (χ4n) is 3.26. The van der Waals surface area contributed by atoms with Crippen LogP contribution < -0.4 is 24.8 Å². The Morgan fingerprint density at radius 1 is 0.889 bits per heavy atom. The maximum Gasteiger partial charge on any atom is 4.00 e. The standard InChI is InChI=1S/C13H10N.C10H15.2ClH.Zr/c1-2-6-12-11(5-1)7-8-13(12)14-9-3-4-10-14;1-7-6-10(4,5)9(3)8(7)2;;;/h1-10H;1-5H3;2*1H;/q2*-1;;;+4/p-2. The van der Waals surface area contributed by atoms with Crippen molar-refractivity contribution in [3.8, 4) is 5.69 Å². The molecule has 1 nitrogen and oxygen atoms in total. The van der Waals surface area contributed by atoms with Gasteiger partial charge in [0.15, 0.2) is 0 Å². The van der Waals surface area contributed by atoms with Gasteiger partial charge in [0.2, 0.25) is 0 Å². The summed E-state index contributed by atoms with van der Waals surface area (Å²) in [5, 5.41) is 2.61. The average molecular weight is 478 g/mol. The van der Waals surface area contributed by atoms with Gasteiger partial charge in [-0.05, 0) is 18.1 Å². The van der Waals surface area contributed by atoms with E-state index in [1.165, 1.54) is 33.2 Å². The number of halogens is 2. The van der Waals surface area contributed by atoms with Crippen LogP contribution in [-0.4, -0.2) is 4.57 Å². The minimum absolute atomic E-state index is 0. The molecular weight excluding hydrogens is 452 g/mol. The van der Waals surface area contributed by atoms with E-state index in [9.17, 15) is 0 Å². The first kappa shape index (κ1) is 26.1. The summed E-state index contributed by atoms with van der Waals surface area (Å²) < 4.78 is 2.14. The Labute approximate surface area is 194 Å². The molecule has 1 heterocycles. The van der Waals surface area contributed by atoms with Crippen LogP contribution in [0.5, 0.6) is 0 Å². The van der Waals surface area contributed by atoms with Gasteiger partial charge in [0, 0.05) is 0 Å². The van der Waals surface area contributed by atoms with E-state index in [0.29, 0.717) is 0 Å². The van der Waals surface area contributed by atoms with Crippen molar-refractivity contribution in [3.05, 3.63) is 83.7 Å². The van der Waals surface area contributed by atoms with E-state index >= 15 is 0 Å². The molecule has 0 unspecified atom stereocenters. The molecule has 2 aromatic carbocycles. The van der Waals surface area contributed by atoms with Crippen LogP contribution in [0.3, 0.4) is 0 Å². The number of fused-ring (bicyclic) bond motifs is 1. The Kier molecular flexibility index (Phi) is 10.2. The van der Waals surface area contributed by atoms with Crippen molar-refractivity contribution in [1.82, 2.24) is 4.57 Å². The average Bonchev–Trinajstić information content (AvgIpc) is 3.25. The Morgan fingerprint density at radius 3 is 1.96 bits per heavy atom. The van der Waals surface area contributed by atoms with E-state index in [1.54, 1.807) is 0 Å². The van der Waals surface area contributed by atoms with Crippen molar-refractivity contribution in [3.63, 3.8) is 0 Å². The Bertz CT molecular complexity index is 915. The molecule has 0 bridgehead atoms. The molecule has 27 heavy (non-hydrogen) atoms. The number of nitrogens with zero attached hydrogens (tertiary/aromatic N) is 1. The molecule has 0 saturated carbocycles. The van der Waals surface area contributed by atoms with E-state index < -0.39 is 0 Å². The van der Waals surface area contributed by atoms with E-state index in [2.05, 4.69) is 94.1 Å². The van der Waals surface area contributed by atoms with Gasteiger partial charge in [-0.1, -0.05) is 80.3 Å². The first-order chi connectivity index (χ1) is 11.4. The Hall–Kier alpha value is -0.947. The van der Waals surface area contributed by atoms with Crippen molar-refractivity contribution in [2.45, 2.75) is 34.6 Å². The monoisotopic (exact) mass is 475 g/mol. The summed E-state index contributed by atoms with van der Waals surface area (Å²) >= 11 is 0. The van der Waals surface area contributed by atoms with Crippen molar-refractivity contribution in [2.24, 2.45) is 5.41 Å². The predicted octanol–water partition coefficient (Wildman–Crippen LogP) is 0.467. The molecule has 4 heteroatoms. The van der Waals surface area contributed by atoms with Gasteiger partial charge in [-0.15, -0.1) is 19.1 Å². The minimum atomic E-state index is 0. The van der Waals surface area contributed by atoms with Crippen molar-refractivity contribution < 1.29 is 51.0 Å². The first-order valence-electron chi connectivity index (χ1n) is 8.48. The van der Waals surface area contributed by atoms with Gasteiger partial charge in [0.1, 0.15) is 0 Å². The zero-order chi connectivity index (χ0) is 17.3. The number of hydrogen-bond donors (Lipinski definition) is 0. The third-order valence-electron chi connectivity index (χ3n) is 5.10. The summed E-state index contributed by atoms with van der Waals surface area (Å²) in [5.41, 5.74) is 5.65. The van der Waals surface area contributed by atoms with Crippen molar-refractivity contribution in [2.75, 3.05) is 0 Å². The fraction of sp³-hybridized carbons (Fsp3) is 0.261. The van der Waals surface area contributed by atoms with Crippen LogP contribution in [-0.2, 0) is 26.2 Å². The van der Waals surface area contributed by atoms with Crippen LogP contribution in [0.25, 0.3) is 16.5 Å². The Morgan fingerprint density at radius 2 is 1.48 bits per heavy atom. The molecule has 0 saturated heterocycles. The molecule has 1 aliphatic carbocycles. The largest absolute Gasteiger partial charge is 4.00 e. The zero-order valence-electron chi connectivity index (χ0n) is 16.5. The SMILES string of the molecule is CC1=[C-]C(C)(C)C(C)=C1C.[Cl-].[Cl-].[Zr+4].c1ccc2c(c1)cc[c-]2-n1cccc1. The summed E-state index contributed by atoms with van der Waals surface area (Å²) in [6.07, 6.45) is 7.58. The summed E-state index contributed by atoms with van der Waals surface area (Å²) in [7, 11) is 0. The third-order valence-corrected chi connectivity index (χ3v) is 5.10. The van der Waals surface area contributed by atoms with Crippen LogP contribution in [0.15, 0.2) is 77.6 Å². The van der Waals surface area contributed by atoms with Crippen LogP contribution >= 0.6 is 0 Å². The van der Waals surface area contributed by atoms with Gasteiger partial charge in [0.05, 0.1) is 0 Å². The van der Waals surface area contributed by atoms with E-state index in [1.807, 2.05) is 12.1 Å². The number of aromatic nitrogens is 1. The molecule has 1 aromatic heterocycles. The van der Waals surface area contributed by atoms with Gasteiger partial charge in [0.25, 0.3) is 0 Å². The number of rotatable bonds is 1. The van der Waals surface area contributed by atoms with Gasteiger partial charge in [-0.3, -0.25) is 6.08 Å². The van der Waals surface area contributed by atoms with Crippen molar-refractivity contribution >= 4 is 10.8 Å². The van der Waals surface area contributed by atoms with E-state index in [-0.39, 0.29) is 56.4 Å². The van der Waals surface area contributed by atoms with Crippen LogP contribution in [0.4, 0.5) is 0 Å². The van der Waals surface area contributed by atoms with Gasteiger partial charge >= 0.3 is 26.2 Å². The number of benzene rings is 1. The molecular formula is C23H25Cl2NZr. The topological polar surface area (TPSA) is 4.93 Å². The van der Waals surface area contributed by atoms with Crippen LogP contribution in [0.2, 0.25) is 0 Å². The second-order valence-corrected chi connectivity index (χ2v) is 7.02. The second-order valence-electron chi connectivity index (χ2n) is 7.02. The summed E-state index contributed by atoms with van der Waals surface area (Å²) in [4.78, 5) is 0. The molecule has 0 aliphatic heterocycles. The Balaban J connectivity index is 0.000000473. The smallest absolute Gasteiger partial charge is 1.00 e. The number of hydrogen-bond acceptors (Lipinski definition) is 0. The quantitative estimate of drug-likeness (QED) is 0.449. The maximum atomic E-state index is 3.44. The van der Waals surface area contributed by atoms with Gasteiger partial charge < -0.3 is 29.4 Å². The molecule has 140 valence electrons. The molecule has 0 N–H and O–H groups in total. The molecule has 1 aliphatic rings. The summed E-state index contributed by atoms with van der Waals surface area (Å²) in [5.74, 6) is 0. The van der Waals surface area contributed by atoms with E-state index in [4.69, 9.17) is 0 Å². The maximum absolute atomic E-state index is 3.44. The van der Waals surface area contributed by atoms with Crippen molar-refractivity contribution in [1.29, 1.82) is 0 Å². The fourth-order valence-corrected chi connectivity index (χ4v) is 3.26. The third kappa shape index (κ3) is 5.53. The van der Waals surface area contributed by atoms with E-state index in [0.717, 1.165) is 0 Å². The molecule has 0 amide bonds. The molecule has 0 atom stereocenters. The zero-order valence-corrected chi connectivity index (χ0v) is 20.4. The molecule has 0 radical (unpaired) electrons. The number of allylic oxidation sites excluding steroid dienone is 4. The molecule has 3 aromatic rings. The van der Waals surface area contributed by atoms with Gasteiger partial charge in [-0.2, -0.15) is 11.1 Å².